The molecule has 0 unspecified atom stereocenters. The van der Waals surface area contributed by atoms with Crippen LogP contribution in [0, 0.1) is 0 Å². The molecule has 2 N–H and O–H groups in total. The number of nitrogens with two attached hydrogens (primary N) is 1. The first kappa shape index (κ1) is 15.6. The molecule has 0 saturated carbocycles. The molecule has 3 aromatic rings. The zero-order valence-corrected chi connectivity index (χ0v) is 13.4. The van der Waals surface area contributed by atoms with E-state index in [1.54, 1.807) is 36.8 Å². The summed E-state index contributed by atoms with van der Waals surface area (Å²) in [6.45, 7) is 0. The first-order valence-electron chi connectivity index (χ1n) is 6.64. The number of nitrogens with zero attached hydrogens (tertiary/aromatic N) is 2. The van der Waals surface area contributed by atoms with Gasteiger partial charge in [-0.2, -0.15) is 0 Å². The lowest BCUT2D eigenvalue weighted by molar-refractivity contribution is 0.598. The second-order valence-electron chi connectivity index (χ2n) is 4.86. The predicted octanol–water partition coefficient (Wildman–Crippen LogP) is 3.11. The van der Waals surface area contributed by atoms with E-state index >= 15 is 0 Å². The van der Waals surface area contributed by atoms with Crippen molar-refractivity contribution >= 4 is 21.6 Å². The van der Waals surface area contributed by atoms with Crippen LogP contribution in [0.25, 0.3) is 22.4 Å². The van der Waals surface area contributed by atoms with Gasteiger partial charge in [0.15, 0.2) is 0 Å². The molecule has 3 rings (SSSR count). The minimum absolute atomic E-state index is 0.0548. The maximum Gasteiger partial charge on any atom is 0.238 e. The summed E-state index contributed by atoms with van der Waals surface area (Å²) in [7, 11) is -3.72. The molecule has 0 spiro atoms. The number of hydrogen-bond acceptors (Lipinski definition) is 4. The van der Waals surface area contributed by atoms with Gasteiger partial charge in [0.25, 0.3) is 0 Å². The van der Waals surface area contributed by atoms with Crippen LogP contribution < -0.4 is 5.14 Å². The molecular formula is C16H12ClN3O2S. The second kappa shape index (κ2) is 6.08. The Bertz CT molecular complexity index is 943. The Labute approximate surface area is 138 Å². The van der Waals surface area contributed by atoms with E-state index in [9.17, 15) is 8.42 Å². The van der Waals surface area contributed by atoms with E-state index in [2.05, 4.69) is 9.97 Å². The largest absolute Gasteiger partial charge is 0.264 e. The molecule has 116 valence electrons. The molecule has 0 saturated heterocycles. The molecule has 1 aromatic carbocycles. The van der Waals surface area contributed by atoms with Gasteiger partial charge in [-0.25, -0.2) is 13.6 Å². The molecule has 0 aliphatic rings. The summed E-state index contributed by atoms with van der Waals surface area (Å²) < 4.78 is 22.7. The molecule has 2 aromatic heterocycles. The Morgan fingerprint density at radius 3 is 2.35 bits per heavy atom. The number of hydrogen-bond donors (Lipinski definition) is 1. The molecule has 23 heavy (non-hydrogen) atoms. The summed E-state index contributed by atoms with van der Waals surface area (Å²) in [6.07, 6.45) is 4.95. The molecule has 0 aliphatic carbocycles. The standard InChI is InChI=1S/C16H12ClN3O2S/c17-13-8-15(11-3-5-14(6-4-11)23(18,21)22)16(20-10-13)12-2-1-7-19-9-12/h1-10H,(H2,18,21,22). The highest BCUT2D eigenvalue weighted by atomic mass is 35.5. The Morgan fingerprint density at radius 2 is 1.74 bits per heavy atom. The van der Waals surface area contributed by atoms with E-state index < -0.39 is 10.0 Å². The number of aromatic nitrogens is 2. The van der Waals surface area contributed by atoms with Crippen LogP contribution in [0.3, 0.4) is 0 Å². The summed E-state index contributed by atoms with van der Waals surface area (Å²) in [5.74, 6) is 0. The van der Waals surface area contributed by atoms with Crippen LogP contribution in [0.1, 0.15) is 0 Å². The van der Waals surface area contributed by atoms with Crippen molar-refractivity contribution in [3.8, 4) is 22.4 Å². The van der Waals surface area contributed by atoms with Crippen LogP contribution in [-0.4, -0.2) is 18.4 Å². The van der Waals surface area contributed by atoms with E-state index in [-0.39, 0.29) is 4.90 Å². The highest BCUT2D eigenvalue weighted by molar-refractivity contribution is 7.89. The molecule has 0 amide bonds. The average Bonchev–Trinajstić information content (AvgIpc) is 2.55. The topological polar surface area (TPSA) is 85.9 Å². The fraction of sp³-hybridized carbons (Fsp3) is 0. The summed E-state index contributed by atoms with van der Waals surface area (Å²) in [5, 5.41) is 5.61. The number of sulfonamides is 1. The third-order valence-electron chi connectivity index (χ3n) is 3.28. The summed E-state index contributed by atoms with van der Waals surface area (Å²) in [5.41, 5.74) is 3.12. The molecule has 0 aliphatic heterocycles. The SMILES string of the molecule is NS(=O)(=O)c1ccc(-c2cc(Cl)cnc2-c2cccnc2)cc1. The Hall–Kier alpha value is -2.28. The van der Waals surface area contributed by atoms with Crippen molar-refractivity contribution in [3.05, 3.63) is 66.1 Å². The molecule has 0 atom stereocenters. The molecule has 7 heteroatoms. The minimum atomic E-state index is -3.72. The zero-order valence-electron chi connectivity index (χ0n) is 11.8. The first-order valence-corrected chi connectivity index (χ1v) is 8.57. The van der Waals surface area contributed by atoms with Gasteiger partial charge in [0.05, 0.1) is 15.6 Å². The van der Waals surface area contributed by atoms with Crippen LogP contribution in [0.4, 0.5) is 0 Å². The van der Waals surface area contributed by atoms with E-state index in [1.807, 2.05) is 12.1 Å². The quantitative estimate of drug-likeness (QED) is 0.790. The van der Waals surface area contributed by atoms with E-state index in [1.165, 1.54) is 12.1 Å². The maximum absolute atomic E-state index is 11.4. The fourth-order valence-corrected chi connectivity index (χ4v) is 2.89. The van der Waals surface area contributed by atoms with Crippen molar-refractivity contribution in [2.75, 3.05) is 0 Å². The Kier molecular flexibility index (Phi) is 4.12. The van der Waals surface area contributed by atoms with Crippen molar-refractivity contribution in [2.45, 2.75) is 4.90 Å². The summed E-state index contributed by atoms with van der Waals surface area (Å²) in [6, 6.07) is 11.8. The van der Waals surface area contributed by atoms with Crippen molar-refractivity contribution in [1.82, 2.24) is 9.97 Å². The first-order chi connectivity index (χ1) is 10.9. The molecule has 2 heterocycles. The highest BCUT2D eigenvalue weighted by Crippen LogP contribution is 2.32. The third-order valence-corrected chi connectivity index (χ3v) is 4.42. The normalized spacial score (nSPS) is 11.4. The van der Waals surface area contributed by atoms with E-state index in [0.29, 0.717) is 10.7 Å². The highest BCUT2D eigenvalue weighted by Gasteiger charge is 2.12. The van der Waals surface area contributed by atoms with Gasteiger partial charge in [-0.1, -0.05) is 23.7 Å². The van der Waals surface area contributed by atoms with Crippen molar-refractivity contribution < 1.29 is 8.42 Å². The van der Waals surface area contributed by atoms with Gasteiger partial charge in [-0.05, 0) is 35.9 Å². The Morgan fingerprint density at radius 1 is 1.00 bits per heavy atom. The zero-order chi connectivity index (χ0) is 16.4. The minimum Gasteiger partial charge on any atom is -0.264 e. The number of primary sulfonamides is 1. The Balaban J connectivity index is 2.14. The molecule has 0 radical (unpaired) electrons. The van der Waals surface area contributed by atoms with Gasteiger partial charge in [0, 0.05) is 29.7 Å². The maximum atomic E-state index is 11.4. The predicted molar refractivity (Wildman–Crippen MR) is 89.3 cm³/mol. The molecule has 0 bridgehead atoms. The monoisotopic (exact) mass is 345 g/mol. The lowest BCUT2D eigenvalue weighted by atomic mass is 10.0. The van der Waals surface area contributed by atoms with Gasteiger partial charge in [-0.3, -0.25) is 9.97 Å². The number of halogens is 1. The van der Waals surface area contributed by atoms with Crippen LogP contribution in [0.5, 0.6) is 0 Å². The van der Waals surface area contributed by atoms with Crippen LogP contribution >= 0.6 is 11.6 Å². The van der Waals surface area contributed by atoms with Crippen molar-refractivity contribution in [3.63, 3.8) is 0 Å². The van der Waals surface area contributed by atoms with Crippen LogP contribution in [-0.2, 0) is 10.0 Å². The summed E-state index contributed by atoms with van der Waals surface area (Å²) in [4.78, 5) is 8.53. The number of pyridine rings is 2. The number of benzene rings is 1. The molecule has 5 nitrogen and oxygen atoms in total. The number of rotatable bonds is 3. The van der Waals surface area contributed by atoms with Crippen molar-refractivity contribution in [1.29, 1.82) is 0 Å². The van der Waals surface area contributed by atoms with Gasteiger partial charge >= 0.3 is 0 Å². The van der Waals surface area contributed by atoms with Crippen molar-refractivity contribution in [2.24, 2.45) is 5.14 Å². The summed E-state index contributed by atoms with van der Waals surface area (Å²) >= 11 is 6.06. The average molecular weight is 346 g/mol. The molecular weight excluding hydrogens is 334 g/mol. The van der Waals surface area contributed by atoms with Gasteiger partial charge in [0.2, 0.25) is 10.0 Å². The van der Waals surface area contributed by atoms with E-state index in [4.69, 9.17) is 16.7 Å². The van der Waals surface area contributed by atoms with Gasteiger partial charge in [0.1, 0.15) is 0 Å². The fourth-order valence-electron chi connectivity index (χ4n) is 2.22. The van der Waals surface area contributed by atoms with E-state index in [0.717, 1.165) is 16.7 Å². The van der Waals surface area contributed by atoms with Crippen LogP contribution in [0.15, 0.2) is 66.0 Å². The smallest absolute Gasteiger partial charge is 0.238 e. The second-order valence-corrected chi connectivity index (χ2v) is 6.86. The van der Waals surface area contributed by atoms with Gasteiger partial charge in [-0.15, -0.1) is 0 Å². The molecule has 0 fully saturated rings. The van der Waals surface area contributed by atoms with Crippen LogP contribution in [0.2, 0.25) is 5.02 Å². The third kappa shape index (κ3) is 3.39. The lowest BCUT2D eigenvalue weighted by Crippen LogP contribution is -2.11. The lowest BCUT2D eigenvalue weighted by Gasteiger charge is -2.10. The van der Waals surface area contributed by atoms with Gasteiger partial charge < -0.3 is 0 Å².